The van der Waals surface area contributed by atoms with Crippen LogP contribution in [0.3, 0.4) is 0 Å². The van der Waals surface area contributed by atoms with Crippen molar-refractivity contribution in [1.29, 1.82) is 0 Å². The molecular formula is C19H39IN4O2. The highest BCUT2D eigenvalue weighted by atomic mass is 127. The first-order chi connectivity index (χ1) is 12.3. The standard InChI is InChI=1S/C19H38N4O2.HI/c1-4-20-19(23-11-8-18(15-23)16-25-5-2)21-14-17-6-9-22(10-7-17)12-13-24-3;/h17-18H,4-16H2,1-3H3,(H,20,21);1H. The van der Waals surface area contributed by atoms with E-state index in [1.807, 2.05) is 0 Å². The SMILES string of the molecule is CCNC(=NCC1CCN(CCOC)CC1)N1CCC(COCC)C1.I. The van der Waals surface area contributed by atoms with Crippen LogP contribution in [0.1, 0.15) is 33.1 Å². The lowest BCUT2D eigenvalue weighted by Gasteiger charge is -2.31. The number of hydrogen-bond acceptors (Lipinski definition) is 4. The molecule has 0 aliphatic carbocycles. The fourth-order valence-electron chi connectivity index (χ4n) is 3.70. The molecule has 0 aromatic rings. The highest BCUT2D eigenvalue weighted by Crippen LogP contribution is 2.19. The second-order valence-electron chi connectivity index (χ2n) is 7.23. The summed E-state index contributed by atoms with van der Waals surface area (Å²) in [6.07, 6.45) is 3.71. The van der Waals surface area contributed by atoms with E-state index in [9.17, 15) is 0 Å². The zero-order valence-corrected chi connectivity index (χ0v) is 19.2. The predicted molar refractivity (Wildman–Crippen MR) is 119 cm³/mol. The van der Waals surface area contributed by atoms with Crippen LogP contribution in [0.25, 0.3) is 0 Å². The molecular weight excluding hydrogens is 443 g/mol. The summed E-state index contributed by atoms with van der Waals surface area (Å²) in [5.41, 5.74) is 0. The van der Waals surface area contributed by atoms with Gasteiger partial charge in [-0.1, -0.05) is 0 Å². The van der Waals surface area contributed by atoms with Gasteiger partial charge in [0.2, 0.25) is 0 Å². The number of halogens is 1. The Morgan fingerprint density at radius 2 is 1.85 bits per heavy atom. The predicted octanol–water partition coefficient (Wildman–Crippen LogP) is 2.29. The average Bonchev–Trinajstić information content (AvgIpc) is 3.11. The van der Waals surface area contributed by atoms with Crippen LogP contribution in [0.15, 0.2) is 4.99 Å². The Labute approximate surface area is 177 Å². The van der Waals surface area contributed by atoms with Gasteiger partial charge in [0, 0.05) is 52.4 Å². The Kier molecular flexibility index (Phi) is 12.8. The number of nitrogens with one attached hydrogen (secondary N) is 1. The van der Waals surface area contributed by atoms with E-state index in [0.717, 1.165) is 58.5 Å². The minimum atomic E-state index is 0. The number of nitrogens with zero attached hydrogens (tertiary/aromatic N) is 3. The van der Waals surface area contributed by atoms with Gasteiger partial charge in [-0.2, -0.15) is 0 Å². The van der Waals surface area contributed by atoms with Crippen molar-refractivity contribution in [2.45, 2.75) is 33.1 Å². The summed E-state index contributed by atoms with van der Waals surface area (Å²) in [5.74, 6) is 2.46. The van der Waals surface area contributed by atoms with Crippen molar-refractivity contribution >= 4 is 29.9 Å². The van der Waals surface area contributed by atoms with Gasteiger partial charge in [-0.3, -0.25) is 4.99 Å². The Hall–Kier alpha value is -0.120. The highest BCUT2D eigenvalue weighted by Gasteiger charge is 2.25. The van der Waals surface area contributed by atoms with E-state index in [1.54, 1.807) is 7.11 Å². The van der Waals surface area contributed by atoms with Crippen molar-refractivity contribution in [3.05, 3.63) is 0 Å². The molecule has 0 bridgehead atoms. The number of aliphatic imine (C=N–C) groups is 1. The molecule has 2 saturated heterocycles. The molecule has 0 radical (unpaired) electrons. The van der Waals surface area contributed by atoms with Gasteiger partial charge in [-0.25, -0.2) is 0 Å². The van der Waals surface area contributed by atoms with Crippen LogP contribution in [0.4, 0.5) is 0 Å². The first-order valence-corrected chi connectivity index (χ1v) is 10.1. The molecule has 1 atom stereocenters. The second kappa shape index (κ2) is 14.0. The van der Waals surface area contributed by atoms with Crippen LogP contribution in [-0.2, 0) is 9.47 Å². The lowest BCUT2D eigenvalue weighted by Crippen LogP contribution is -2.41. The van der Waals surface area contributed by atoms with E-state index in [0.29, 0.717) is 11.8 Å². The molecule has 2 rings (SSSR count). The molecule has 154 valence electrons. The van der Waals surface area contributed by atoms with Gasteiger partial charge in [0.1, 0.15) is 0 Å². The van der Waals surface area contributed by atoms with E-state index in [2.05, 4.69) is 29.0 Å². The summed E-state index contributed by atoms with van der Waals surface area (Å²) in [5, 5.41) is 3.49. The summed E-state index contributed by atoms with van der Waals surface area (Å²) in [6.45, 7) is 14.2. The largest absolute Gasteiger partial charge is 0.383 e. The summed E-state index contributed by atoms with van der Waals surface area (Å²) >= 11 is 0. The van der Waals surface area contributed by atoms with Crippen LogP contribution in [0, 0.1) is 11.8 Å². The Balaban J connectivity index is 0.00000338. The second-order valence-corrected chi connectivity index (χ2v) is 7.23. The number of rotatable bonds is 9. The summed E-state index contributed by atoms with van der Waals surface area (Å²) in [4.78, 5) is 9.89. The van der Waals surface area contributed by atoms with Crippen molar-refractivity contribution in [3.63, 3.8) is 0 Å². The maximum Gasteiger partial charge on any atom is 0.193 e. The van der Waals surface area contributed by atoms with Gasteiger partial charge in [0.05, 0.1) is 13.2 Å². The highest BCUT2D eigenvalue weighted by molar-refractivity contribution is 14.0. The van der Waals surface area contributed by atoms with E-state index >= 15 is 0 Å². The quantitative estimate of drug-likeness (QED) is 0.311. The third kappa shape index (κ3) is 8.27. The molecule has 2 aliphatic heterocycles. The van der Waals surface area contributed by atoms with Crippen molar-refractivity contribution in [3.8, 4) is 0 Å². The van der Waals surface area contributed by atoms with Gasteiger partial charge < -0.3 is 24.6 Å². The number of guanidine groups is 1. The third-order valence-corrected chi connectivity index (χ3v) is 5.30. The zero-order valence-electron chi connectivity index (χ0n) is 16.9. The number of methoxy groups -OCH3 is 1. The van der Waals surface area contributed by atoms with Crippen molar-refractivity contribution in [2.75, 3.05) is 72.7 Å². The molecule has 1 unspecified atom stereocenters. The summed E-state index contributed by atoms with van der Waals surface area (Å²) in [7, 11) is 1.78. The van der Waals surface area contributed by atoms with Crippen molar-refractivity contribution in [1.82, 2.24) is 15.1 Å². The third-order valence-electron chi connectivity index (χ3n) is 5.30. The first-order valence-electron chi connectivity index (χ1n) is 10.1. The van der Waals surface area contributed by atoms with Gasteiger partial charge in [-0.15, -0.1) is 24.0 Å². The zero-order chi connectivity index (χ0) is 17.9. The monoisotopic (exact) mass is 482 g/mol. The maximum atomic E-state index is 5.60. The fourth-order valence-corrected chi connectivity index (χ4v) is 3.70. The van der Waals surface area contributed by atoms with E-state index in [4.69, 9.17) is 14.5 Å². The van der Waals surface area contributed by atoms with Gasteiger partial charge >= 0.3 is 0 Å². The number of likely N-dealkylation sites (tertiary alicyclic amines) is 2. The first kappa shape index (κ1) is 23.9. The summed E-state index contributed by atoms with van der Waals surface area (Å²) < 4.78 is 10.8. The molecule has 0 aromatic carbocycles. The molecule has 1 N–H and O–H groups in total. The van der Waals surface area contributed by atoms with Crippen molar-refractivity contribution < 1.29 is 9.47 Å². The molecule has 0 amide bonds. The van der Waals surface area contributed by atoms with E-state index in [1.165, 1.54) is 32.4 Å². The molecule has 26 heavy (non-hydrogen) atoms. The maximum absolute atomic E-state index is 5.60. The van der Waals surface area contributed by atoms with E-state index < -0.39 is 0 Å². The lowest BCUT2D eigenvalue weighted by molar-refractivity contribution is 0.114. The van der Waals surface area contributed by atoms with Crippen LogP contribution < -0.4 is 5.32 Å². The molecule has 2 aliphatic rings. The summed E-state index contributed by atoms with van der Waals surface area (Å²) in [6, 6.07) is 0. The smallest absolute Gasteiger partial charge is 0.193 e. The van der Waals surface area contributed by atoms with Gasteiger partial charge in [0.15, 0.2) is 5.96 Å². The van der Waals surface area contributed by atoms with Crippen LogP contribution in [0.2, 0.25) is 0 Å². The van der Waals surface area contributed by atoms with Gasteiger partial charge in [-0.05, 0) is 52.1 Å². The molecule has 0 aromatic heterocycles. The Morgan fingerprint density at radius 1 is 1.12 bits per heavy atom. The number of ether oxygens (including phenoxy) is 2. The lowest BCUT2D eigenvalue weighted by atomic mass is 9.97. The molecule has 0 saturated carbocycles. The molecule has 0 spiro atoms. The van der Waals surface area contributed by atoms with E-state index in [-0.39, 0.29) is 24.0 Å². The van der Waals surface area contributed by atoms with Crippen molar-refractivity contribution in [2.24, 2.45) is 16.8 Å². The normalized spacial score (nSPS) is 22.5. The number of piperidine rings is 1. The molecule has 2 heterocycles. The molecule has 7 heteroatoms. The Morgan fingerprint density at radius 3 is 2.50 bits per heavy atom. The minimum Gasteiger partial charge on any atom is -0.383 e. The molecule has 2 fully saturated rings. The number of hydrogen-bond donors (Lipinski definition) is 1. The van der Waals surface area contributed by atoms with Crippen LogP contribution in [0.5, 0.6) is 0 Å². The fraction of sp³-hybridized carbons (Fsp3) is 0.947. The average molecular weight is 482 g/mol. The van der Waals surface area contributed by atoms with Crippen LogP contribution in [-0.4, -0.2) is 88.5 Å². The topological polar surface area (TPSA) is 49.3 Å². The van der Waals surface area contributed by atoms with Crippen LogP contribution >= 0.6 is 24.0 Å². The van der Waals surface area contributed by atoms with Gasteiger partial charge in [0.25, 0.3) is 0 Å². The Bertz CT molecular complexity index is 390. The minimum absolute atomic E-state index is 0. The molecule has 6 nitrogen and oxygen atoms in total.